The van der Waals surface area contributed by atoms with Gasteiger partial charge in [0.15, 0.2) is 16.3 Å². The summed E-state index contributed by atoms with van der Waals surface area (Å²) in [4.78, 5) is 3.55. The Balaban J connectivity index is 0.000000300. The predicted octanol–water partition coefficient (Wildman–Crippen LogP) is 3.09. The smallest absolute Gasteiger partial charge is 0.485 e. The summed E-state index contributed by atoms with van der Waals surface area (Å²) in [6.07, 6.45) is 4.65. The van der Waals surface area contributed by atoms with E-state index in [1.165, 1.54) is 28.3 Å². The van der Waals surface area contributed by atoms with Crippen molar-refractivity contribution in [1.82, 2.24) is 4.98 Å². The van der Waals surface area contributed by atoms with E-state index in [2.05, 4.69) is 47.5 Å². The molecule has 0 saturated carbocycles. The Labute approximate surface area is 162 Å². The van der Waals surface area contributed by atoms with Gasteiger partial charge < -0.3 is 14.3 Å². The Bertz CT molecular complexity index is 992. The summed E-state index contributed by atoms with van der Waals surface area (Å²) in [6, 6.07) is 6.28. The highest BCUT2D eigenvalue weighted by atomic mass is 32.2. The van der Waals surface area contributed by atoms with Gasteiger partial charge in [0.25, 0.3) is 0 Å². The van der Waals surface area contributed by atoms with Crippen LogP contribution in [-0.2, 0) is 16.5 Å². The zero-order valence-corrected chi connectivity index (χ0v) is 17.9. The number of nitrogens with one attached hydrogen (secondary N) is 1. The number of alkyl halides is 3. The molecule has 11 heteroatoms. The molecular formula is C17H23F3N2O4SSi. The van der Waals surface area contributed by atoms with Gasteiger partial charge in [-0.3, -0.25) is 0 Å². The molecule has 156 valence electrons. The lowest BCUT2D eigenvalue weighted by atomic mass is 10.1. The van der Waals surface area contributed by atoms with E-state index in [4.69, 9.17) is 17.7 Å². The largest absolute Gasteiger partial charge is 0.741 e. The van der Waals surface area contributed by atoms with Crippen LogP contribution in [0.4, 0.5) is 13.2 Å². The average molecular weight is 437 g/mol. The predicted molar refractivity (Wildman–Crippen MR) is 103 cm³/mol. The SMILES string of the molecule is COc1ccc2[nH]c3c(c2c1)CC[N+](C[Si](C)(C)C)=C3.O=S(=O)([O-])C(F)(F)F. The normalized spacial score (nSPS) is 14.8. The highest BCUT2D eigenvalue weighted by Gasteiger charge is 2.37. The van der Waals surface area contributed by atoms with Crippen molar-refractivity contribution in [3.8, 4) is 5.75 Å². The maximum atomic E-state index is 10.7. The summed E-state index contributed by atoms with van der Waals surface area (Å²) in [5.41, 5.74) is -1.72. The quantitative estimate of drug-likeness (QED) is 0.347. The molecular weight excluding hydrogens is 413 g/mol. The molecule has 6 nitrogen and oxygen atoms in total. The molecule has 0 radical (unpaired) electrons. The molecule has 2 heterocycles. The van der Waals surface area contributed by atoms with Crippen molar-refractivity contribution in [2.75, 3.05) is 19.8 Å². The number of benzene rings is 1. The Hall–Kier alpha value is -1.85. The lowest BCUT2D eigenvalue weighted by Crippen LogP contribution is -2.37. The summed E-state index contributed by atoms with van der Waals surface area (Å²) < 4.78 is 66.7. The fraction of sp³-hybridized carbons (Fsp3) is 0.471. The molecule has 0 spiro atoms. The topological polar surface area (TPSA) is 85.2 Å². The highest BCUT2D eigenvalue weighted by Crippen LogP contribution is 2.27. The van der Waals surface area contributed by atoms with Gasteiger partial charge in [0, 0.05) is 17.3 Å². The highest BCUT2D eigenvalue weighted by molar-refractivity contribution is 7.86. The number of aromatic amines is 1. The number of aromatic nitrogens is 1. The third kappa shape index (κ3) is 5.58. The van der Waals surface area contributed by atoms with Gasteiger partial charge in [0.2, 0.25) is 0 Å². The molecule has 2 aromatic rings. The molecule has 28 heavy (non-hydrogen) atoms. The van der Waals surface area contributed by atoms with Crippen LogP contribution in [0.2, 0.25) is 19.6 Å². The van der Waals surface area contributed by atoms with E-state index >= 15 is 0 Å². The second kappa shape index (κ2) is 7.88. The Morgan fingerprint density at radius 1 is 1.29 bits per heavy atom. The molecule has 0 saturated heterocycles. The average Bonchev–Trinajstić information content (AvgIpc) is 2.88. The molecule has 3 rings (SSSR count). The minimum Gasteiger partial charge on any atom is -0.741 e. The fourth-order valence-corrected chi connectivity index (χ4v) is 4.46. The van der Waals surface area contributed by atoms with Gasteiger partial charge in [-0.15, -0.1) is 0 Å². The van der Waals surface area contributed by atoms with Gasteiger partial charge in [-0.2, -0.15) is 13.2 Å². The van der Waals surface area contributed by atoms with Crippen molar-refractivity contribution in [2.24, 2.45) is 0 Å². The maximum absolute atomic E-state index is 10.7. The van der Waals surface area contributed by atoms with Gasteiger partial charge in [-0.25, -0.2) is 13.0 Å². The number of fused-ring (bicyclic) bond motifs is 3. The van der Waals surface area contributed by atoms with Crippen LogP contribution in [0, 0.1) is 0 Å². The van der Waals surface area contributed by atoms with Crippen LogP contribution in [0.3, 0.4) is 0 Å². The standard InChI is InChI=1S/C16H22N2OSi.CHF3O3S/c1-19-12-5-6-15-14(9-12)13-7-8-18(10-16(13)17-15)11-20(2,3)4;2-1(3,4)8(5,6)7/h5-6,9-10H,7-8,11H2,1-4H3;(H,5,6,7). The van der Waals surface area contributed by atoms with Gasteiger partial charge in [0.05, 0.1) is 7.11 Å². The molecule has 0 amide bonds. The molecule has 0 bridgehead atoms. The van der Waals surface area contributed by atoms with E-state index in [0.29, 0.717) is 0 Å². The number of nitrogens with zero attached hydrogens (tertiary/aromatic N) is 1. The number of hydrogen-bond donors (Lipinski definition) is 1. The number of methoxy groups -OCH3 is 1. The lowest BCUT2D eigenvalue weighted by Gasteiger charge is -2.16. The molecule has 0 unspecified atom stereocenters. The number of rotatable bonds is 3. The molecule has 1 N–H and O–H groups in total. The molecule has 0 fully saturated rings. The Morgan fingerprint density at radius 2 is 1.89 bits per heavy atom. The van der Waals surface area contributed by atoms with Crippen LogP contribution >= 0.6 is 0 Å². The summed E-state index contributed by atoms with van der Waals surface area (Å²) in [5.74, 6) is 0.934. The minimum absolute atomic E-state index is 0.934. The Morgan fingerprint density at radius 3 is 2.39 bits per heavy atom. The van der Waals surface area contributed by atoms with Gasteiger partial charge in [-0.1, -0.05) is 19.6 Å². The lowest BCUT2D eigenvalue weighted by molar-refractivity contribution is -0.508. The van der Waals surface area contributed by atoms with Crippen molar-refractivity contribution in [2.45, 2.75) is 31.6 Å². The summed E-state index contributed by atoms with van der Waals surface area (Å²) in [5, 5.41) is 1.31. The number of hydrogen-bond acceptors (Lipinski definition) is 4. The summed E-state index contributed by atoms with van der Waals surface area (Å²) in [7, 11) is -5.42. The van der Waals surface area contributed by atoms with Crippen molar-refractivity contribution >= 4 is 35.3 Å². The molecule has 0 aliphatic carbocycles. The van der Waals surface area contributed by atoms with E-state index in [-0.39, 0.29) is 0 Å². The molecule has 1 aliphatic rings. The first-order valence-corrected chi connectivity index (χ1v) is 13.6. The molecule has 1 aromatic carbocycles. The van der Waals surface area contributed by atoms with Crippen LogP contribution in [0.5, 0.6) is 5.75 Å². The molecule has 1 aliphatic heterocycles. The fourth-order valence-electron chi connectivity index (χ4n) is 2.99. The second-order valence-electron chi connectivity index (χ2n) is 7.74. The first-order valence-electron chi connectivity index (χ1n) is 8.51. The third-order valence-corrected chi connectivity index (χ3v) is 5.99. The molecule has 0 atom stereocenters. The van der Waals surface area contributed by atoms with E-state index in [0.717, 1.165) is 18.7 Å². The zero-order chi connectivity index (χ0) is 21.3. The monoisotopic (exact) mass is 436 g/mol. The summed E-state index contributed by atoms with van der Waals surface area (Å²) in [6.45, 7) is 8.40. The van der Waals surface area contributed by atoms with Crippen LogP contribution < -0.4 is 4.74 Å². The minimum atomic E-state index is -6.09. The first-order chi connectivity index (χ1) is 12.7. The van der Waals surface area contributed by atoms with Crippen molar-refractivity contribution in [1.29, 1.82) is 0 Å². The number of H-pyrrole nitrogens is 1. The van der Waals surface area contributed by atoms with Gasteiger partial charge in [0.1, 0.15) is 32.2 Å². The second-order valence-corrected chi connectivity index (χ2v) is 14.5. The van der Waals surface area contributed by atoms with E-state index in [1.54, 1.807) is 7.11 Å². The van der Waals surface area contributed by atoms with Crippen molar-refractivity contribution in [3.63, 3.8) is 0 Å². The first kappa shape index (κ1) is 22.4. The van der Waals surface area contributed by atoms with Gasteiger partial charge in [-0.05, 0) is 23.8 Å². The Kier molecular flexibility index (Phi) is 6.31. The number of halogens is 3. The molecule has 1 aromatic heterocycles. The summed E-state index contributed by atoms with van der Waals surface area (Å²) >= 11 is 0. The zero-order valence-electron chi connectivity index (χ0n) is 16.1. The van der Waals surface area contributed by atoms with Crippen molar-refractivity contribution < 1.29 is 35.5 Å². The maximum Gasteiger partial charge on any atom is 0.485 e. The van der Waals surface area contributed by atoms with Crippen LogP contribution in [0.1, 0.15) is 11.3 Å². The van der Waals surface area contributed by atoms with Crippen LogP contribution in [-0.4, -0.2) is 62.1 Å². The number of ether oxygens (including phenoxy) is 1. The van der Waals surface area contributed by atoms with Crippen LogP contribution in [0.15, 0.2) is 18.2 Å². The van der Waals surface area contributed by atoms with Gasteiger partial charge >= 0.3 is 5.51 Å². The van der Waals surface area contributed by atoms with E-state index in [1.807, 2.05) is 6.07 Å². The van der Waals surface area contributed by atoms with Crippen molar-refractivity contribution in [3.05, 3.63) is 29.5 Å². The van der Waals surface area contributed by atoms with Crippen LogP contribution in [0.25, 0.3) is 10.9 Å². The van der Waals surface area contributed by atoms with E-state index in [9.17, 15) is 13.2 Å². The van der Waals surface area contributed by atoms with E-state index < -0.39 is 23.7 Å². The third-order valence-electron chi connectivity index (χ3n) is 4.07.